The van der Waals surface area contributed by atoms with Crippen molar-refractivity contribution in [1.82, 2.24) is 15.3 Å². The molecule has 0 spiro atoms. The van der Waals surface area contributed by atoms with E-state index in [9.17, 15) is 4.79 Å². The Morgan fingerprint density at radius 3 is 2.72 bits per heavy atom. The van der Waals surface area contributed by atoms with Crippen molar-refractivity contribution in [2.24, 2.45) is 0 Å². The Labute approximate surface area is 170 Å². The number of ether oxygens (including phenoxy) is 1. The van der Waals surface area contributed by atoms with E-state index in [0.29, 0.717) is 24.5 Å². The number of amides is 1. The van der Waals surface area contributed by atoms with E-state index in [1.54, 1.807) is 0 Å². The second-order valence-electron chi connectivity index (χ2n) is 7.27. The Morgan fingerprint density at radius 2 is 1.93 bits per heavy atom. The predicted molar refractivity (Wildman–Crippen MR) is 115 cm³/mol. The molecule has 1 saturated heterocycles. The summed E-state index contributed by atoms with van der Waals surface area (Å²) in [6.07, 6.45) is 2.34. The van der Waals surface area contributed by atoms with Gasteiger partial charge in [0, 0.05) is 18.8 Å². The molecular weight excluding hydrogens is 364 g/mol. The number of anilines is 1. The summed E-state index contributed by atoms with van der Waals surface area (Å²) in [5.74, 6) is 1.19. The predicted octanol–water partition coefficient (Wildman–Crippen LogP) is 3.87. The summed E-state index contributed by atoms with van der Waals surface area (Å²) in [6.45, 7) is 6.71. The van der Waals surface area contributed by atoms with Gasteiger partial charge in [0.2, 0.25) is 5.95 Å². The molecule has 0 bridgehead atoms. The molecule has 150 valence electrons. The van der Waals surface area contributed by atoms with Gasteiger partial charge in [0.15, 0.2) is 0 Å². The van der Waals surface area contributed by atoms with Crippen molar-refractivity contribution in [3.63, 3.8) is 0 Å². The molecule has 0 unspecified atom stereocenters. The lowest BCUT2D eigenvalue weighted by molar-refractivity contribution is 0.0948. The van der Waals surface area contributed by atoms with Crippen LogP contribution >= 0.6 is 0 Å². The van der Waals surface area contributed by atoms with E-state index >= 15 is 0 Å². The first kappa shape index (κ1) is 19.2. The highest BCUT2D eigenvalue weighted by Crippen LogP contribution is 2.28. The van der Waals surface area contributed by atoms with Crippen LogP contribution in [0, 0.1) is 6.92 Å². The van der Waals surface area contributed by atoms with E-state index < -0.39 is 0 Å². The molecule has 29 heavy (non-hydrogen) atoms. The Balaban J connectivity index is 1.58. The number of rotatable bonds is 6. The number of hydrogen-bond donors (Lipinski definition) is 1. The minimum atomic E-state index is -0.163. The van der Waals surface area contributed by atoms with Gasteiger partial charge < -0.3 is 15.0 Å². The quantitative estimate of drug-likeness (QED) is 0.692. The summed E-state index contributed by atoms with van der Waals surface area (Å²) in [4.78, 5) is 24.5. The Kier molecular flexibility index (Phi) is 5.60. The van der Waals surface area contributed by atoms with Crippen molar-refractivity contribution in [3.8, 4) is 5.75 Å². The molecule has 6 nitrogen and oxygen atoms in total. The maximum Gasteiger partial charge on any atom is 0.256 e. The first-order valence-electron chi connectivity index (χ1n) is 10.2. The van der Waals surface area contributed by atoms with Gasteiger partial charge in [-0.05, 0) is 49.6 Å². The molecule has 6 heteroatoms. The fourth-order valence-corrected chi connectivity index (χ4v) is 3.79. The van der Waals surface area contributed by atoms with Gasteiger partial charge in [-0.2, -0.15) is 0 Å². The van der Waals surface area contributed by atoms with Crippen molar-refractivity contribution in [1.29, 1.82) is 0 Å². The van der Waals surface area contributed by atoms with Crippen molar-refractivity contribution in [2.75, 3.05) is 24.6 Å². The number of aromatic nitrogens is 2. The number of aryl methyl sites for hydroxylation is 1. The van der Waals surface area contributed by atoms with Gasteiger partial charge in [-0.1, -0.05) is 30.3 Å². The van der Waals surface area contributed by atoms with Crippen LogP contribution in [-0.4, -0.2) is 35.6 Å². The van der Waals surface area contributed by atoms with E-state index in [1.165, 1.54) is 12.8 Å². The SMILES string of the molecule is CCOc1ccc2ccccc2c1C(=O)NCc1cc(C)nc(N2CCCC2)n1. The van der Waals surface area contributed by atoms with Gasteiger partial charge in [-0.25, -0.2) is 9.97 Å². The largest absolute Gasteiger partial charge is 0.493 e. The minimum absolute atomic E-state index is 0.163. The van der Waals surface area contributed by atoms with Gasteiger partial charge in [-0.3, -0.25) is 4.79 Å². The number of carbonyl (C=O) groups is 1. The molecule has 1 amide bonds. The summed E-state index contributed by atoms with van der Waals surface area (Å²) in [5.41, 5.74) is 2.28. The monoisotopic (exact) mass is 390 g/mol. The topological polar surface area (TPSA) is 67.3 Å². The third-order valence-electron chi connectivity index (χ3n) is 5.13. The first-order valence-corrected chi connectivity index (χ1v) is 10.2. The summed E-state index contributed by atoms with van der Waals surface area (Å²) in [6, 6.07) is 13.6. The summed E-state index contributed by atoms with van der Waals surface area (Å²) < 4.78 is 5.73. The maximum atomic E-state index is 13.1. The fraction of sp³-hybridized carbons (Fsp3) is 0.348. The van der Waals surface area contributed by atoms with E-state index in [0.717, 1.165) is 41.2 Å². The molecular formula is C23H26N4O2. The lowest BCUT2D eigenvalue weighted by Gasteiger charge is -2.17. The van der Waals surface area contributed by atoms with Gasteiger partial charge in [-0.15, -0.1) is 0 Å². The van der Waals surface area contributed by atoms with E-state index in [4.69, 9.17) is 4.74 Å². The second kappa shape index (κ2) is 8.47. The molecule has 3 aromatic rings. The standard InChI is InChI=1S/C23H26N4O2/c1-3-29-20-11-10-17-8-4-5-9-19(17)21(20)22(28)24-15-18-14-16(2)25-23(26-18)27-12-6-7-13-27/h4-5,8-11,14H,3,6-7,12-13,15H2,1-2H3,(H,24,28). The van der Waals surface area contributed by atoms with Crippen molar-refractivity contribution in [3.05, 3.63) is 59.4 Å². The summed E-state index contributed by atoms with van der Waals surface area (Å²) >= 11 is 0. The van der Waals surface area contributed by atoms with Crippen LogP contribution in [0.3, 0.4) is 0 Å². The lowest BCUT2D eigenvalue weighted by atomic mass is 10.0. The molecule has 0 aliphatic carbocycles. The van der Waals surface area contributed by atoms with Crippen molar-refractivity contribution >= 4 is 22.6 Å². The van der Waals surface area contributed by atoms with Crippen LogP contribution in [0.4, 0.5) is 5.95 Å². The van der Waals surface area contributed by atoms with Crippen LogP contribution < -0.4 is 15.0 Å². The number of fused-ring (bicyclic) bond motifs is 1. The molecule has 4 rings (SSSR count). The van der Waals surface area contributed by atoms with Crippen LogP contribution in [0.25, 0.3) is 10.8 Å². The molecule has 1 fully saturated rings. The zero-order chi connectivity index (χ0) is 20.2. The Morgan fingerprint density at radius 1 is 1.14 bits per heavy atom. The fourth-order valence-electron chi connectivity index (χ4n) is 3.79. The molecule has 0 atom stereocenters. The van der Waals surface area contributed by atoms with Crippen molar-refractivity contribution in [2.45, 2.75) is 33.2 Å². The van der Waals surface area contributed by atoms with Crippen LogP contribution in [0.5, 0.6) is 5.75 Å². The average Bonchev–Trinajstić information content (AvgIpc) is 3.27. The van der Waals surface area contributed by atoms with Gasteiger partial charge in [0.1, 0.15) is 5.75 Å². The lowest BCUT2D eigenvalue weighted by Crippen LogP contribution is -2.26. The molecule has 1 aliphatic heterocycles. The zero-order valence-corrected chi connectivity index (χ0v) is 16.9. The highest BCUT2D eigenvalue weighted by Gasteiger charge is 2.18. The first-order chi connectivity index (χ1) is 14.2. The maximum absolute atomic E-state index is 13.1. The van der Waals surface area contributed by atoms with Crippen LogP contribution in [0.15, 0.2) is 42.5 Å². The highest BCUT2D eigenvalue weighted by atomic mass is 16.5. The van der Waals surface area contributed by atoms with Crippen molar-refractivity contribution < 1.29 is 9.53 Å². The highest BCUT2D eigenvalue weighted by molar-refractivity contribution is 6.09. The summed E-state index contributed by atoms with van der Waals surface area (Å²) in [7, 11) is 0. The number of benzene rings is 2. The third-order valence-corrected chi connectivity index (χ3v) is 5.13. The van der Waals surface area contributed by atoms with Crippen LogP contribution in [-0.2, 0) is 6.54 Å². The molecule has 1 aromatic heterocycles. The Bertz CT molecular complexity index is 1030. The molecule has 2 aromatic carbocycles. The number of nitrogens with zero attached hydrogens (tertiary/aromatic N) is 3. The van der Waals surface area contributed by atoms with E-state index in [-0.39, 0.29) is 5.91 Å². The Hall–Kier alpha value is -3.15. The van der Waals surface area contributed by atoms with Gasteiger partial charge in [0.25, 0.3) is 5.91 Å². The zero-order valence-electron chi connectivity index (χ0n) is 16.9. The smallest absolute Gasteiger partial charge is 0.256 e. The molecule has 0 radical (unpaired) electrons. The third kappa shape index (κ3) is 4.16. The molecule has 1 N–H and O–H groups in total. The normalized spacial score (nSPS) is 13.7. The van der Waals surface area contributed by atoms with E-state index in [1.807, 2.05) is 56.3 Å². The minimum Gasteiger partial charge on any atom is -0.493 e. The van der Waals surface area contributed by atoms with E-state index in [2.05, 4.69) is 20.2 Å². The number of hydrogen-bond acceptors (Lipinski definition) is 5. The van der Waals surface area contributed by atoms with Crippen LogP contribution in [0.2, 0.25) is 0 Å². The average molecular weight is 390 g/mol. The van der Waals surface area contributed by atoms with Gasteiger partial charge >= 0.3 is 0 Å². The number of nitrogens with one attached hydrogen (secondary N) is 1. The summed E-state index contributed by atoms with van der Waals surface area (Å²) in [5, 5.41) is 4.92. The van der Waals surface area contributed by atoms with Gasteiger partial charge in [0.05, 0.1) is 24.4 Å². The second-order valence-corrected chi connectivity index (χ2v) is 7.27. The molecule has 0 saturated carbocycles. The number of carbonyl (C=O) groups excluding carboxylic acids is 1. The van der Waals surface area contributed by atoms with Crippen LogP contribution in [0.1, 0.15) is 41.5 Å². The molecule has 1 aliphatic rings. The molecule has 2 heterocycles.